The van der Waals surface area contributed by atoms with Crippen molar-refractivity contribution in [2.75, 3.05) is 19.4 Å². The van der Waals surface area contributed by atoms with Gasteiger partial charge in [0, 0.05) is 26.8 Å². The smallest absolute Gasteiger partial charge is 0.255 e. The van der Waals surface area contributed by atoms with Crippen molar-refractivity contribution in [3.05, 3.63) is 58.2 Å². The average Bonchev–Trinajstić information content (AvgIpc) is 2.47. The van der Waals surface area contributed by atoms with Gasteiger partial charge in [-0.1, -0.05) is 41.4 Å². The molecular weight excluding hydrogens is 286 g/mol. The number of rotatable bonds is 4. The minimum Gasteiger partial charge on any atom is -0.373 e. The Labute approximate surface area is 129 Å². The van der Waals surface area contributed by atoms with Crippen LogP contribution in [0.1, 0.15) is 21.5 Å². The van der Waals surface area contributed by atoms with Crippen LogP contribution in [0.4, 0.5) is 5.82 Å². The normalized spacial score (nSPS) is 10.3. The van der Waals surface area contributed by atoms with E-state index in [0.29, 0.717) is 22.9 Å². The van der Waals surface area contributed by atoms with E-state index in [1.165, 1.54) is 11.8 Å². The molecule has 0 bridgehead atoms. The lowest BCUT2D eigenvalue weighted by molar-refractivity contribution is 0.0785. The molecule has 0 spiro atoms. The fourth-order valence-electron chi connectivity index (χ4n) is 2.10. The largest absolute Gasteiger partial charge is 0.373 e. The van der Waals surface area contributed by atoms with Crippen LogP contribution in [0, 0.1) is 6.92 Å². The van der Waals surface area contributed by atoms with Crippen LogP contribution in [0.3, 0.4) is 0 Å². The minimum atomic E-state index is -0.125. The zero-order valence-electron chi connectivity index (χ0n) is 12.4. The first-order valence-corrected chi connectivity index (χ1v) is 7.03. The van der Waals surface area contributed by atoms with Crippen LogP contribution >= 0.6 is 11.6 Å². The second kappa shape index (κ2) is 6.59. The van der Waals surface area contributed by atoms with E-state index in [1.54, 1.807) is 25.1 Å². The molecule has 1 N–H and O–H groups in total. The van der Waals surface area contributed by atoms with Crippen LogP contribution in [-0.4, -0.2) is 29.9 Å². The van der Waals surface area contributed by atoms with Gasteiger partial charge in [-0.3, -0.25) is 4.79 Å². The van der Waals surface area contributed by atoms with E-state index in [2.05, 4.69) is 16.4 Å². The molecule has 2 aromatic rings. The maximum atomic E-state index is 12.5. The van der Waals surface area contributed by atoms with Gasteiger partial charge in [-0.05, 0) is 18.6 Å². The van der Waals surface area contributed by atoms with Crippen LogP contribution in [0.25, 0.3) is 0 Å². The SMILES string of the molecule is CNc1cc(C(=O)N(C)Cc2cccc(C)c2)c(Cl)cn1. The van der Waals surface area contributed by atoms with E-state index in [-0.39, 0.29) is 5.91 Å². The molecule has 0 saturated heterocycles. The number of nitrogens with zero attached hydrogens (tertiary/aromatic N) is 2. The molecule has 2 rings (SSSR count). The maximum absolute atomic E-state index is 12.5. The number of hydrogen-bond acceptors (Lipinski definition) is 3. The quantitative estimate of drug-likeness (QED) is 0.942. The van der Waals surface area contributed by atoms with Crippen LogP contribution in [0.2, 0.25) is 5.02 Å². The zero-order valence-corrected chi connectivity index (χ0v) is 13.1. The number of nitrogens with one attached hydrogen (secondary N) is 1. The third-order valence-electron chi connectivity index (χ3n) is 3.19. The Morgan fingerprint density at radius 3 is 2.81 bits per heavy atom. The second-order valence-corrected chi connectivity index (χ2v) is 5.36. The number of amides is 1. The lowest BCUT2D eigenvalue weighted by Gasteiger charge is -2.18. The number of carbonyl (C=O) groups excluding carboxylic acids is 1. The Bertz CT molecular complexity index is 658. The highest BCUT2D eigenvalue weighted by molar-refractivity contribution is 6.33. The highest BCUT2D eigenvalue weighted by Gasteiger charge is 2.16. The summed E-state index contributed by atoms with van der Waals surface area (Å²) in [6.45, 7) is 2.57. The summed E-state index contributed by atoms with van der Waals surface area (Å²) in [4.78, 5) is 18.2. The Morgan fingerprint density at radius 2 is 2.14 bits per heavy atom. The summed E-state index contributed by atoms with van der Waals surface area (Å²) in [5.74, 6) is 0.493. The Morgan fingerprint density at radius 1 is 1.38 bits per heavy atom. The van der Waals surface area contributed by atoms with Crippen molar-refractivity contribution < 1.29 is 4.79 Å². The van der Waals surface area contributed by atoms with Gasteiger partial charge in [0.1, 0.15) is 5.82 Å². The van der Waals surface area contributed by atoms with E-state index in [0.717, 1.165) is 5.56 Å². The first kappa shape index (κ1) is 15.3. The standard InChI is InChI=1S/C16H18ClN3O/c1-11-5-4-6-12(7-11)10-20(3)16(21)13-8-15(18-2)19-9-14(13)17/h4-9H,10H2,1-3H3,(H,18,19). The number of carbonyl (C=O) groups is 1. The fraction of sp³-hybridized carbons (Fsp3) is 0.250. The Balaban J connectivity index is 2.19. The Kier molecular flexibility index (Phi) is 4.81. The summed E-state index contributed by atoms with van der Waals surface area (Å²) in [6, 6.07) is 9.75. The molecule has 1 aromatic carbocycles. The van der Waals surface area contributed by atoms with Crippen molar-refractivity contribution in [2.24, 2.45) is 0 Å². The molecule has 0 aliphatic carbocycles. The summed E-state index contributed by atoms with van der Waals surface area (Å²) in [6.07, 6.45) is 1.49. The van der Waals surface area contributed by atoms with Gasteiger partial charge < -0.3 is 10.2 Å². The summed E-state index contributed by atoms with van der Waals surface area (Å²) >= 11 is 6.08. The number of halogens is 1. The molecule has 0 saturated carbocycles. The molecule has 1 heterocycles. The van der Waals surface area contributed by atoms with E-state index in [9.17, 15) is 4.79 Å². The molecule has 1 amide bonds. The first-order valence-electron chi connectivity index (χ1n) is 6.65. The molecule has 5 heteroatoms. The average molecular weight is 304 g/mol. The maximum Gasteiger partial charge on any atom is 0.255 e. The molecule has 4 nitrogen and oxygen atoms in total. The molecule has 0 aliphatic rings. The van der Waals surface area contributed by atoms with Crippen molar-refractivity contribution in [1.82, 2.24) is 9.88 Å². The van der Waals surface area contributed by atoms with Gasteiger partial charge in [-0.25, -0.2) is 4.98 Å². The van der Waals surface area contributed by atoms with Crippen molar-refractivity contribution in [1.29, 1.82) is 0 Å². The molecule has 0 unspecified atom stereocenters. The summed E-state index contributed by atoms with van der Waals surface area (Å²) in [5.41, 5.74) is 2.71. The number of anilines is 1. The summed E-state index contributed by atoms with van der Waals surface area (Å²) in [7, 11) is 3.52. The van der Waals surface area contributed by atoms with Gasteiger partial charge in [0.05, 0.1) is 10.6 Å². The number of aromatic nitrogens is 1. The predicted octanol–water partition coefficient (Wildman–Crippen LogP) is 3.36. The zero-order chi connectivity index (χ0) is 15.4. The van der Waals surface area contributed by atoms with Gasteiger partial charge >= 0.3 is 0 Å². The highest BCUT2D eigenvalue weighted by atomic mass is 35.5. The van der Waals surface area contributed by atoms with Crippen LogP contribution in [0.5, 0.6) is 0 Å². The molecule has 0 aliphatic heterocycles. The molecule has 1 aromatic heterocycles. The van der Waals surface area contributed by atoms with E-state index < -0.39 is 0 Å². The Hall–Kier alpha value is -2.07. The van der Waals surface area contributed by atoms with Crippen LogP contribution in [0.15, 0.2) is 36.5 Å². The monoisotopic (exact) mass is 303 g/mol. The first-order chi connectivity index (χ1) is 10.0. The van der Waals surface area contributed by atoms with Crippen molar-refractivity contribution in [3.8, 4) is 0 Å². The highest BCUT2D eigenvalue weighted by Crippen LogP contribution is 2.20. The lowest BCUT2D eigenvalue weighted by atomic mass is 10.1. The molecule has 21 heavy (non-hydrogen) atoms. The summed E-state index contributed by atoms with van der Waals surface area (Å²) in [5, 5.41) is 3.26. The molecule has 0 fully saturated rings. The van der Waals surface area contributed by atoms with Gasteiger partial charge in [-0.15, -0.1) is 0 Å². The van der Waals surface area contributed by atoms with E-state index in [4.69, 9.17) is 11.6 Å². The fourth-order valence-corrected chi connectivity index (χ4v) is 2.29. The topological polar surface area (TPSA) is 45.2 Å². The molecule has 0 atom stereocenters. The third-order valence-corrected chi connectivity index (χ3v) is 3.49. The van der Waals surface area contributed by atoms with Crippen molar-refractivity contribution in [2.45, 2.75) is 13.5 Å². The molecule has 110 valence electrons. The number of benzene rings is 1. The van der Waals surface area contributed by atoms with Gasteiger partial charge in [0.15, 0.2) is 0 Å². The molecular formula is C16H18ClN3O. The van der Waals surface area contributed by atoms with Crippen LogP contribution in [-0.2, 0) is 6.54 Å². The van der Waals surface area contributed by atoms with E-state index >= 15 is 0 Å². The van der Waals surface area contributed by atoms with Crippen molar-refractivity contribution >= 4 is 23.3 Å². The van der Waals surface area contributed by atoms with Gasteiger partial charge in [-0.2, -0.15) is 0 Å². The number of pyridine rings is 1. The third kappa shape index (κ3) is 3.73. The van der Waals surface area contributed by atoms with Crippen molar-refractivity contribution in [3.63, 3.8) is 0 Å². The minimum absolute atomic E-state index is 0.125. The number of hydrogen-bond donors (Lipinski definition) is 1. The number of aryl methyl sites for hydroxylation is 1. The second-order valence-electron chi connectivity index (χ2n) is 4.95. The molecule has 0 radical (unpaired) electrons. The van der Waals surface area contributed by atoms with Gasteiger partial charge in [0.25, 0.3) is 5.91 Å². The lowest BCUT2D eigenvalue weighted by Crippen LogP contribution is -2.26. The summed E-state index contributed by atoms with van der Waals surface area (Å²) < 4.78 is 0. The van der Waals surface area contributed by atoms with Crippen LogP contribution < -0.4 is 5.32 Å². The van der Waals surface area contributed by atoms with E-state index in [1.807, 2.05) is 25.1 Å². The predicted molar refractivity (Wildman–Crippen MR) is 85.8 cm³/mol. The van der Waals surface area contributed by atoms with Gasteiger partial charge in [0.2, 0.25) is 0 Å².